The summed E-state index contributed by atoms with van der Waals surface area (Å²) in [6.07, 6.45) is -1.78. The van der Waals surface area contributed by atoms with E-state index >= 15 is 0 Å². The number of nitrogens with two attached hydrogens (primary N) is 1. The Labute approximate surface area is 93.2 Å². The maximum absolute atomic E-state index is 12.7. The molecule has 1 unspecified atom stereocenters. The summed E-state index contributed by atoms with van der Waals surface area (Å²) in [5.41, 5.74) is 6.07. The Morgan fingerprint density at radius 3 is 2.53 bits per heavy atom. The summed E-state index contributed by atoms with van der Waals surface area (Å²) < 4.78 is 25.4. The van der Waals surface area contributed by atoms with E-state index in [1.54, 1.807) is 6.07 Å². The molecule has 1 aromatic rings. The van der Waals surface area contributed by atoms with E-state index in [0.717, 1.165) is 0 Å². The molecule has 0 spiro atoms. The molecule has 0 saturated heterocycles. The summed E-state index contributed by atoms with van der Waals surface area (Å²) in [6.45, 7) is 2.36. The van der Waals surface area contributed by atoms with E-state index in [1.807, 2.05) is 6.92 Å². The zero-order chi connectivity index (χ0) is 11.4. The second kappa shape index (κ2) is 5.42. The fraction of sp³-hybridized carbons (Fsp3) is 0.455. The van der Waals surface area contributed by atoms with Gasteiger partial charge in [-0.05, 0) is 36.6 Å². The molecule has 15 heavy (non-hydrogen) atoms. The van der Waals surface area contributed by atoms with Crippen molar-refractivity contribution in [2.75, 3.05) is 6.54 Å². The maximum Gasteiger partial charge on any atom is 0.264 e. The predicted molar refractivity (Wildman–Crippen MR) is 58.5 cm³/mol. The van der Waals surface area contributed by atoms with Crippen LogP contribution in [0, 0.1) is 0 Å². The molecular formula is C11H14ClF2N. The summed E-state index contributed by atoms with van der Waals surface area (Å²) in [4.78, 5) is 0. The number of hydrogen-bond acceptors (Lipinski definition) is 1. The van der Waals surface area contributed by atoms with Crippen LogP contribution in [0.2, 0.25) is 5.02 Å². The van der Waals surface area contributed by atoms with Crippen LogP contribution in [-0.4, -0.2) is 6.54 Å². The predicted octanol–water partition coefficient (Wildman–Crippen LogP) is 3.73. The molecule has 0 heterocycles. The molecule has 0 amide bonds. The first-order valence-corrected chi connectivity index (χ1v) is 5.21. The third-order valence-corrected chi connectivity index (χ3v) is 2.65. The molecular weight excluding hydrogens is 220 g/mol. The van der Waals surface area contributed by atoms with Crippen molar-refractivity contribution in [3.05, 3.63) is 34.3 Å². The molecule has 1 aromatic carbocycles. The first kappa shape index (κ1) is 12.4. The van der Waals surface area contributed by atoms with E-state index in [1.165, 1.54) is 12.1 Å². The van der Waals surface area contributed by atoms with Crippen LogP contribution in [0.5, 0.6) is 0 Å². The number of halogens is 3. The summed E-state index contributed by atoms with van der Waals surface area (Å²) >= 11 is 5.79. The van der Waals surface area contributed by atoms with Crippen molar-refractivity contribution in [2.45, 2.75) is 25.7 Å². The first-order valence-electron chi connectivity index (χ1n) is 4.83. The fourth-order valence-corrected chi connectivity index (χ4v) is 1.76. The highest BCUT2D eigenvalue weighted by Crippen LogP contribution is 2.31. The standard InChI is InChI=1S/C11H14ClF2N/c1-7(4-5-15)10-6-8(12)2-3-9(10)11(13)14/h2-3,6-7,11H,4-5,15H2,1H3. The second-order valence-corrected chi connectivity index (χ2v) is 3.99. The molecule has 4 heteroatoms. The molecule has 1 nitrogen and oxygen atoms in total. The molecule has 0 aliphatic heterocycles. The lowest BCUT2D eigenvalue weighted by molar-refractivity contribution is 0.149. The third kappa shape index (κ3) is 3.14. The van der Waals surface area contributed by atoms with Crippen molar-refractivity contribution in [1.29, 1.82) is 0 Å². The van der Waals surface area contributed by atoms with Gasteiger partial charge < -0.3 is 5.73 Å². The monoisotopic (exact) mass is 233 g/mol. The smallest absolute Gasteiger partial charge is 0.264 e. The lowest BCUT2D eigenvalue weighted by Gasteiger charge is -2.15. The normalized spacial score (nSPS) is 13.2. The van der Waals surface area contributed by atoms with Crippen molar-refractivity contribution in [3.63, 3.8) is 0 Å². The van der Waals surface area contributed by atoms with E-state index in [-0.39, 0.29) is 11.5 Å². The van der Waals surface area contributed by atoms with Crippen molar-refractivity contribution in [1.82, 2.24) is 0 Å². The van der Waals surface area contributed by atoms with Gasteiger partial charge in [-0.2, -0.15) is 0 Å². The number of hydrogen-bond donors (Lipinski definition) is 1. The van der Waals surface area contributed by atoms with Gasteiger partial charge in [0.2, 0.25) is 0 Å². The van der Waals surface area contributed by atoms with E-state index < -0.39 is 6.43 Å². The van der Waals surface area contributed by atoms with Crippen LogP contribution in [0.25, 0.3) is 0 Å². The number of benzene rings is 1. The Balaban J connectivity index is 3.06. The van der Waals surface area contributed by atoms with Crippen molar-refractivity contribution in [3.8, 4) is 0 Å². The van der Waals surface area contributed by atoms with Crippen molar-refractivity contribution >= 4 is 11.6 Å². The average Bonchev–Trinajstić information content (AvgIpc) is 2.17. The van der Waals surface area contributed by atoms with Crippen LogP contribution in [0.4, 0.5) is 8.78 Å². The zero-order valence-electron chi connectivity index (χ0n) is 8.51. The van der Waals surface area contributed by atoms with Gasteiger partial charge in [-0.15, -0.1) is 0 Å². The van der Waals surface area contributed by atoms with E-state index in [2.05, 4.69) is 0 Å². The Morgan fingerprint density at radius 1 is 1.33 bits per heavy atom. The Morgan fingerprint density at radius 2 is 2.00 bits per heavy atom. The van der Waals surface area contributed by atoms with Gasteiger partial charge in [0.1, 0.15) is 0 Å². The molecule has 0 aliphatic rings. The first-order chi connectivity index (χ1) is 7.06. The van der Waals surface area contributed by atoms with E-state index in [0.29, 0.717) is 23.6 Å². The van der Waals surface area contributed by atoms with Gasteiger partial charge in [0.05, 0.1) is 0 Å². The van der Waals surface area contributed by atoms with Gasteiger partial charge in [0.15, 0.2) is 0 Å². The molecule has 0 aromatic heterocycles. The van der Waals surface area contributed by atoms with Crippen molar-refractivity contribution < 1.29 is 8.78 Å². The van der Waals surface area contributed by atoms with E-state index in [9.17, 15) is 8.78 Å². The molecule has 0 aliphatic carbocycles. The van der Waals surface area contributed by atoms with Crippen LogP contribution in [0.15, 0.2) is 18.2 Å². The number of rotatable bonds is 4. The van der Waals surface area contributed by atoms with Crippen LogP contribution < -0.4 is 5.73 Å². The van der Waals surface area contributed by atoms with Gasteiger partial charge in [-0.1, -0.05) is 24.6 Å². The maximum atomic E-state index is 12.7. The van der Waals surface area contributed by atoms with Crippen LogP contribution in [0.3, 0.4) is 0 Å². The van der Waals surface area contributed by atoms with E-state index in [4.69, 9.17) is 17.3 Å². The average molecular weight is 234 g/mol. The lowest BCUT2D eigenvalue weighted by Crippen LogP contribution is -2.07. The Hall–Kier alpha value is -0.670. The van der Waals surface area contributed by atoms with Crippen LogP contribution in [0.1, 0.15) is 36.8 Å². The van der Waals surface area contributed by atoms with Gasteiger partial charge in [0, 0.05) is 10.6 Å². The molecule has 0 radical (unpaired) electrons. The minimum atomic E-state index is -2.46. The largest absolute Gasteiger partial charge is 0.330 e. The summed E-state index contributed by atoms with van der Waals surface area (Å²) in [5, 5.41) is 0.485. The summed E-state index contributed by atoms with van der Waals surface area (Å²) in [5.74, 6) is 0.0118. The molecule has 2 N–H and O–H groups in total. The third-order valence-electron chi connectivity index (χ3n) is 2.41. The topological polar surface area (TPSA) is 26.0 Å². The SMILES string of the molecule is CC(CCN)c1cc(Cl)ccc1C(F)F. The van der Waals surface area contributed by atoms with Crippen LogP contribution in [-0.2, 0) is 0 Å². The fourth-order valence-electron chi connectivity index (χ4n) is 1.58. The number of alkyl halides is 2. The second-order valence-electron chi connectivity index (χ2n) is 3.55. The van der Waals surface area contributed by atoms with Gasteiger partial charge in [-0.3, -0.25) is 0 Å². The quantitative estimate of drug-likeness (QED) is 0.843. The Kier molecular flexibility index (Phi) is 4.48. The Bertz CT molecular complexity index is 328. The minimum absolute atomic E-state index is 0.0118. The van der Waals surface area contributed by atoms with Gasteiger partial charge >= 0.3 is 0 Å². The highest BCUT2D eigenvalue weighted by Gasteiger charge is 2.17. The molecule has 0 bridgehead atoms. The van der Waals surface area contributed by atoms with Crippen molar-refractivity contribution in [2.24, 2.45) is 5.73 Å². The van der Waals surface area contributed by atoms with Gasteiger partial charge in [0.25, 0.3) is 6.43 Å². The molecule has 84 valence electrons. The van der Waals surface area contributed by atoms with Gasteiger partial charge in [-0.25, -0.2) is 8.78 Å². The highest BCUT2D eigenvalue weighted by molar-refractivity contribution is 6.30. The molecule has 1 atom stereocenters. The summed E-state index contributed by atoms with van der Waals surface area (Å²) in [6, 6.07) is 4.47. The minimum Gasteiger partial charge on any atom is -0.330 e. The lowest BCUT2D eigenvalue weighted by atomic mass is 9.93. The van der Waals surface area contributed by atoms with Crippen LogP contribution >= 0.6 is 11.6 Å². The zero-order valence-corrected chi connectivity index (χ0v) is 9.27. The molecule has 0 fully saturated rings. The highest BCUT2D eigenvalue weighted by atomic mass is 35.5. The molecule has 1 rings (SSSR count). The molecule has 0 saturated carbocycles. The summed E-state index contributed by atoms with van der Waals surface area (Å²) in [7, 11) is 0.